The van der Waals surface area contributed by atoms with E-state index >= 15 is 0 Å². The van der Waals surface area contributed by atoms with Crippen LogP contribution in [0.2, 0.25) is 0 Å². The van der Waals surface area contributed by atoms with Gasteiger partial charge in [-0.05, 0) is 31.3 Å². The second-order valence-electron chi connectivity index (χ2n) is 4.56. The van der Waals surface area contributed by atoms with E-state index in [0.29, 0.717) is 12.1 Å². The van der Waals surface area contributed by atoms with E-state index in [1.165, 1.54) is 23.7 Å². The quantitative estimate of drug-likeness (QED) is 0.672. The second kappa shape index (κ2) is 9.86. The van der Waals surface area contributed by atoms with E-state index in [1.54, 1.807) is 0 Å². The van der Waals surface area contributed by atoms with Crippen LogP contribution in [0.4, 0.5) is 0 Å². The Labute approximate surface area is 105 Å². The molecule has 0 fully saturated rings. The minimum Gasteiger partial charge on any atom is -0.310 e. The molecule has 0 radical (unpaired) electrons. The van der Waals surface area contributed by atoms with Crippen molar-refractivity contribution in [3.05, 3.63) is 0 Å². The van der Waals surface area contributed by atoms with E-state index in [9.17, 15) is 0 Å². The molecule has 0 bridgehead atoms. The average Bonchev–Trinajstić information content (AvgIpc) is 2.16. The molecule has 2 unspecified atom stereocenters. The number of hydrogen-bond donors (Lipinski definition) is 1. The van der Waals surface area contributed by atoms with Crippen molar-refractivity contribution in [3.8, 4) is 0 Å². The number of nitrogens with one attached hydrogen (secondary N) is 1. The summed E-state index contributed by atoms with van der Waals surface area (Å²) in [6, 6.07) is 1.33. The van der Waals surface area contributed by atoms with Crippen LogP contribution in [0.15, 0.2) is 0 Å². The fourth-order valence-electron chi connectivity index (χ4n) is 1.42. The van der Waals surface area contributed by atoms with Gasteiger partial charge in [-0.2, -0.15) is 23.5 Å². The maximum absolute atomic E-state index is 3.70. The largest absolute Gasteiger partial charge is 0.310 e. The molecule has 0 rings (SSSR count). The van der Waals surface area contributed by atoms with Crippen molar-refractivity contribution in [2.75, 3.05) is 23.5 Å². The van der Waals surface area contributed by atoms with Crippen LogP contribution in [-0.2, 0) is 0 Å². The summed E-state index contributed by atoms with van der Waals surface area (Å²) in [5, 5.41) is 3.70. The van der Waals surface area contributed by atoms with Gasteiger partial charge >= 0.3 is 0 Å². The van der Waals surface area contributed by atoms with Gasteiger partial charge in [0.05, 0.1) is 0 Å². The smallest absolute Gasteiger partial charge is 0.0158 e. The number of thioether (sulfide) groups is 2. The predicted octanol–water partition coefficient (Wildman–Crippen LogP) is 3.50. The summed E-state index contributed by atoms with van der Waals surface area (Å²) < 4.78 is 0. The van der Waals surface area contributed by atoms with Crippen LogP contribution in [0, 0.1) is 5.92 Å². The van der Waals surface area contributed by atoms with Crippen molar-refractivity contribution in [1.29, 1.82) is 0 Å². The molecule has 3 heteroatoms. The SMILES string of the molecule is CCC(CSC)NC(C)CSCC(C)C. The van der Waals surface area contributed by atoms with Crippen molar-refractivity contribution < 1.29 is 0 Å². The zero-order valence-corrected chi connectivity index (χ0v) is 12.5. The van der Waals surface area contributed by atoms with Crippen LogP contribution in [0.25, 0.3) is 0 Å². The van der Waals surface area contributed by atoms with Crippen LogP contribution >= 0.6 is 23.5 Å². The van der Waals surface area contributed by atoms with Gasteiger partial charge in [-0.25, -0.2) is 0 Å². The monoisotopic (exact) mass is 249 g/mol. The highest BCUT2D eigenvalue weighted by molar-refractivity contribution is 7.99. The normalized spacial score (nSPS) is 15.6. The molecule has 0 aromatic carbocycles. The van der Waals surface area contributed by atoms with E-state index in [0.717, 1.165) is 5.92 Å². The molecule has 0 saturated carbocycles. The summed E-state index contributed by atoms with van der Waals surface area (Å²) in [4.78, 5) is 0. The molecule has 0 aliphatic rings. The third-order valence-electron chi connectivity index (χ3n) is 2.20. The van der Waals surface area contributed by atoms with Gasteiger partial charge in [-0.3, -0.25) is 0 Å². The fraction of sp³-hybridized carbons (Fsp3) is 1.00. The highest BCUT2D eigenvalue weighted by Crippen LogP contribution is 2.10. The Morgan fingerprint density at radius 1 is 1.07 bits per heavy atom. The van der Waals surface area contributed by atoms with Crippen LogP contribution in [0.1, 0.15) is 34.1 Å². The van der Waals surface area contributed by atoms with Crippen molar-refractivity contribution in [2.45, 2.75) is 46.2 Å². The fourth-order valence-corrected chi connectivity index (χ4v) is 3.21. The molecule has 0 saturated heterocycles. The van der Waals surface area contributed by atoms with E-state index in [1.807, 2.05) is 11.8 Å². The molecule has 15 heavy (non-hydrogen) atoms. The van der Waals surface area contributed by atoms with Gasteiger partial charge in [0.25, 0.3) is 0 Å². The summed E-state index contributed by atoms with van der Waals surface area (Å²) in [5.41, 5.74) is 0. The lowest BCUT2D eigenvalue weighted by Crippen LogP contribution is -2.39. The first-order valence-electron chi connectivity index (χ1n) is 5.92. The zero-order chi connectivity index (χ0) is 11.7. The molecule has 0 aromatic heterocycles. The van der Waals surface area contributed by atoms with Crippen molar-refractivity contribution in [1.82, 2.24) is 5.32 Å². The van der Waals surface area contributed by atoms with Crippen LogP contribution in [-0.4, -0.2) is 35.6 Å². The summed E-state index contributed by atoms with van der Waals surface area (Å²) in [6.07, 6.45) is 3.42. The van der Waals surface area contributed by atoms with Gasteiger partial charge in [0.15, 0.2) is 0 Å². The Morgan fingerprint density at radius 2 is 1.73 bits per heavy atom. The van der Waals surface area contributed by atoms with E-state index in [-0.39, 0.29) is 0 Å². The highest BCUT2D eigenvalue weighted by Gasteiger charge is 2.09. The molecular weight excluding hydrogens is 222 g/mol. The minimum atomic E-state index is 0.644. The lowest BCUT2D eigenvalue weighted by molar-refractivity contribution is 0.489. The maximum atomic E-state index is 3.70. The zero-order valence-electron chi connectivity index (χ0n) is 10.9. The number of hydrogen-bond acceptors (Lipinski definition) is 3. The maximum Gasteiger partial charge on any atom is 0.0158 e. The van der Waals surface area contributed by atoms with E-state index < -0.39 is 0 Å². The topological polar surface area (TPSA) is 12.0 Å². The third-order valence-corrected chi connectivity index (χ3v) is 4.57. The standard InChI is InChI=1S/C12H27NS2/c1-6-12(9-14-5)13-11(4)8-15-7-10(2)3/h10-13H,6-9H2,1-5H3. The summed E-state index contributed by atoms with van der Waals surface area (Å²) in [6.45, 7) is 9.14. The Bertz CT molecular complexity index is 140. The Balaban J connectivity index is 3.56. The molecule has 0 amide bonds. The molecule has 1 N–H and O–H groups in total. The molecule has 0 aliphatic carbocycles. The Morgan fingerprint density at radius 3 is 2.20 bits per heavy atom. The van der Waals surface area contributed by atoms with E-state index in [4.69, 9.17) is 0 Å². The number of rotatable bonds is 9. The highest BCUT2D eigenvalue weighted by atomic mass is 32.2. The minimum absolute atomic E-state index is 0.644. The molecule has 0 heterocycles. The second-order valence-corrected chi connectivity index (χ2v) is 6.55. The molecule has 1 nitrogen and oxygen atoms in total. The Hall–Kier alpha value is 0.660. The van der Waals surface area contributed by atoms with Crippen LogP contribution < -0.4 is 5.32 Å². The molecule has 0 spiro atoms. The van der Waals surface area contributed by atoms with Gasteiger partial charge in [0.2, 0.25) is 0 Å². The van der Waals surface area contributed by atoms with Crippen LogP contribution in [0.5, 0.6) is 0 Å². The van der Waals surface area contributed by atoms with Gasteiger partial charge in [0.1, 0.15) is 0 Å². The van der Waals surface area contributed by atoms with Gasteiger partial charge in [-0.1, -0.05) is 20.8 Å². The first-order chi connectivity index (χ1) is 7.10. The van der Waals surface area contributed by atoms with E-state index in [2.05, 4.69) is 51.0 Å². The van der Waals surface area contributed by atoms with Gasteiger partial charge in [-0.15, -0.1) is 0 Å². The first kappa shape index (κ1) is 15.7. The van der Waals surface area contributed by atoms with Crippen molar-refractivity contribution in [3.63, 3.8) is 0 Å². The third kappa shape index (κ3) is 9.58. The average molecular weight is 249 g/mol. The molecule has 92 valence electrons. The summed E-state index contributed by atoms with van der Waals surface area (Å²) >= 11 is 4.01. The van der Waals surface area contributed by atoms with Crippen LogP contribution in [0.3, 0.4) is 0 Å². The predicted molar refractivity (Wildman–Crippen MR) is 77.2 cm³/mol. The molecule has 0 aromatic rings. The van der Waals surface area contributed by atoms with Crippen molar-refractivity contribution in [2.24, 2.45) is 5.92 Å². The van der Waals surface area contributed by atoms with Gasteiger partial charge in [0, 0.05) is 23.6 Å². The molecule has 0 aliphatic heterocycles. The molecule has 2 atom stereocenters. The Kier molecular flexibility index (Phi) is 10.3. The molecular formula is C12H27NS2. The summed E-state index contributed by atoms with van der Waals surface area (Å²) in [7, 11) is 0. The summed E-state index contributed by atoms with van der Waals surface area (Å²) in [5.74, 6) is 4.57. The lowest BCUT2D eigenvalue weighted by Gasteiger charge is -2.21. The first-order valence-corrected chi connectivity index (χ1v) is 8.47. The van der Waals surface area contributed by atoms with Crippen molar-refractivity contribution >= 4 is 23.5 Å². The lowest BCUT2D eigenvalue weighted by atomic mass is 10.2. The van der Waals surface area contributed by atoms with Gasteiger partial charge < -0.3 is 5.32 Å².